The first-order valence-electron chi connectivity index (χ1n) is 2.18. The van der Waals surface area contributed by atoms with Crippen LogP contribution in [0.3, 0.4) is 0 Å². The normalized spacial score (nSPS) is 40.6. The molecule has 7 heavy (non-hydrogen) atoms. The second-order valence-corrected chi connectivity index (χ2v) is 1.78. The van der Waals surface area contributed by atoms with Gasteiger partial charge in [0.2, 0.25) is 0 Å². The second kappa shape index (κ2) is 1.28. The van der Waals surface area contributed by atoms with Gasteiger partial charge in [0.25, 0.3) is 0 Å². The lowest BCUT2D eigenvalue weighted by Crippen LogP contribution is -2.52. The molecule has 0 amide bonds. The van der Waals surface area contributed by atoms with Crippen molar-refractivity contribution in [3.8, 4) is 0 Å². The zero-order chi connectivity index (χ0) is 5.44. The molecule has 40 valence electrons. The fourth-order valence-electron chi connectivity index (χ4n) is 0.543. The number of carbonyl (C=O) groups is 1. The van der Waals surface area contributed by atoms with E-state index in [4.69, 9.17) is 10.8 Å². The lowest BCUT2D eigenvalue weighted by molar-refractivity contribution is -0.137. The first-order chi connectivity index (χ1) is 3.22. The number of hydrogen-bond donors (Lipinski definition) is 2. The minimum atomic E-state index is -0.861. The van der Waals surface area contributed by atoms with Gasteiger partial charge in [-0.05, 0) is 0 Å². The fraction of sp³-hybridized carbons (Fsp3) is 0.750. The number of rotatable bonds is 0. The van der Waals surface area contributed by atoms with Crippen molar-refractivity contribution in [1.82, 2.24) is 0 Å². The van der Waals surface area contributed by atoms with Crippen LogP contribution < -0.4 is 5.73 Å². The predicted molar refractivity (Wildman–Crippen MR) is 23.6 cm³/mol. The van der Waals surface area contributed by atoms with Crippen molar-refractivity contribution in [2.24, 2.45) is 5.73 Å². The minimum absolute atomic E-state index is 0.132. The number of carbonyl (C=O) groups excluding carboxylic acids is 1. The third-order valence-electron chi connectivity index (χ3n) is 1.17. The summed E-state index contributed by atoms with van der Waals surface area (Å²) in [5.41, 5.74) is 5.14. The molecular formula is C4H7NO2. The van der Waals surface area contributed by atoms with Gasteiger partial charge < -0.3 is 10.8 Å². The van der Waals surface area contributed by atoms with E-state index in [1.807, 2.05) is 0 Å². The number of hydrogen-bond acceptors (Lipinski definition) is 3. The van der Waals surface area contributed by atoms with Crippen LogP contribution in [0, 0.1) is 0 Å². The van der Waals surface area contributed by atoms with E-state index in [1.54, 1.807) is 0 Å². The average molecular weight is 101 g/mol. The molecule has 0 radical (unpaired) electrons. The van der Waals surface area contributed by atoms with E-state index in [-0.39, 0.29) is 11.8 Å². The molecule has 3 nitrogen and oxygen atoms in total. The van der Waals surface area contributed by atoms with Gasteiger partial charge in [-0.1, -0.05) is 0 Å². The molecule has 0 aromatic carbocycles. The van der Waals surface area contributed by atoms with Crippen LogP contribution in [0.5, 0.6) is 0 Å². The van der Waals surface area contributed by atoms with E-state index < -0.39 is 6.10 Å². The van der Waals surface area contributed by atoms with Gasteiger partial charge >= 0.3 is 0 Å². The van der Waals surface area contributed by atoms with Crippen LogP contribution >= 0.6 is 0 Å². The Bertz CT molecular complexity index is 102. The second-order valence-electron chi connectivity index (χ2n) is 1.78. The number of Topliss-reactive ketones (excluding diaryl/α,β-unsaturated/α-hetero) is 1. The molecule has 3 N–H and O–H groups in total. The van der Waals surface area contributed by atoms with Crippen molar-refractivity contribution in [2.75, 3.05) is 0 Å². The molecule has 1 fully saturated rings. The Balaban J connectivity index is 2.43. The first-order valence-corrected chi connectivity index (χ1v) is 2.18. The highest BCUT2D eigenvalue weighted by Crippen LogP contribution is 2.11. The smallest absolute Gasteiger partial charge is 0.164 e. The minimum Gasteiger partial charge on any atom is -0.384 e. The van der Waals surface area contributed by atoms with E-state index >= 15 is 0 Å². The molecule has 0 spiro atoms. The van der Waals surface area contributed by atoms with Gasteiger partial charge in [-0.3, -0.25) is 4.79 Å². The lowest BCUT2D eigenvalue weighted by Gasteiger charge is -2.26. The Morgan fingerprint density at radius 2 is 2.43 bits per heavy atom. The SMILES string of the molecule is NC1CC(=O)C1O. The predicted octanol–water partition coefficient (Wildman–Crippen LogP) is -1.35. The van der Waals surface area contributed by atoms with Gasteiger partial charge in [0, 0.05) is 12.5 Å². The summed E-state index contributed by atoms with van der Waals surface area (Å²) in [6.07, 6.45) is -0.513. The Morgan fingerprint density at radius 3 is 2.43 bits per heavy atom. The topological polar surface area (TPSA) is 63.3 Å². The van der Waals surface area contributed by atoms with Crippen LogP contribution in [0.4, 0.5) is 0 Å². The molecule has 0 saturated heterocycles. The van der Waals surface area contributed by atoms with Crippen LogP contribution in [0.15, 0.2) is 0 Å². The maximum atomic E-state index is 10.1. The standard InChI is InChI=1S/C4H7NO2/c5-2-1-3(6)4(2)7/h2,4,7H,1,5H2. The number of aliphatic hydroxyl groups excluding tert-OH is 1. The monoisotopic (exact) mass is 101 g/mol. The van der Waals surface area contributed by atoms with E-state index in [9.17, 15) is 4.79 Å². The summed E-state index contributed by atoms with van der Waals surface area (Å²) in [6.45, 7) is 0. The quantitative estimate of drug-likeness (QED) is 0.396. The molecule has 0 bridgehead atoms. The summed E-state index contributed by atoms with van der Waals surface area (Å²) in [5.74, 6) is -0.132. The summed E-state index contributed by atoms with van der Waals surface area (Å²) in [5, 5.41) is 8.51. The van der Waals surface area contributed by atoms with Gasteiger partial charge in [0.15, 0.2) is 5.78 Å². The van der Waals surface area contributed by atoms with E-state index in [0.29, 0.717) is 6.42 Å². The maximum absolute atomic E-state index is 10.1. The Hall–Kier alpha value is -0.410. The third-order valence-corrected chi connectivity index (χ3v) is 1.17. The molecule has 0 heterocycles. The molecule has 1 aliphatic carbocycles. The van der Waals surface area contributed by atoms with Gasteiger partial charge in [-0.25, -0.2) is 0 Å². The van der Waals surface area contributed by atoms with Gasteiger partial charge in [-0.2, -0.15) is 0 Å². The van der Waals surface area contributed by atoms with Crippen LogP contribution in [0.1, 0.15) is 6.42 Å². The van der Waals surface area contributed by atoms with Crippen molar-refractivity contribution in [1.29, 1.82) is 0 Å². The van der Waals surface area contributed by atoms with Gasteiger partial charge in [0.1, 0.15) is 6.10 Å². The van der Waals surface area contributed by atoms with Crippen LogP contribution in [-0.2, 0) is 4.79 Å². The Kier molecular flexibility index (Phi) is 0.867. The molecule has 1 saturated carbocycles. The van der Waals surface area contributed by atoms with E-state index in [2.05, 4.69) is 0 Å². The molecule has 0 aromatic rings. The van der Waals surface area contributed by atoms with Crippen molar-refractivity contribution in [2.45, 2.75) is 18.6 Å². The zero-order valence-corrected chi connectivity index (χ0v) is 3.79. The molecule has 2 unspecified atom stereocenters. The van der Waals surface area contributed by atoms with Crippen molar-refractivity contribution in [3.05, 3.63) is 0 Å². The summed E-state index contributed by atoms with van der Waals surface area (Å²) in [6, 6.07) is -0.285. The zero-order valence-electron chi connectivity index (χ0n) is 3.79. The number of ketones is 1. The highest BCUT2D eigenvalue weighted by Gasteiger charge is 2.34. The molecule has 1 rings (SSSR count). The molecular weight excluding hydrogens is 94.0 g/mol. The molecule has 2 atom stereocenters. The van der Waals surface area contributed by atoms with Crippen LogP contribution in [-0.4, -0.2) is 23.0 Å². The van der Waals surface area contributed by atoms with E-state index in [1.165, 1.54) is 0 Å². The highest BCUT2D eigenvalue weighted by molar-refractivity contribution is 5.90. The van der Waals surface area contributed by atoms with E-state index in [0.717, 1.165) is 0 Å². The number of nitrogens with two attached hydrogens (primary N) is 1. The molecule has 0 aliphatic heterocycles. The summed E-state index contributed by atoms with van der Waals surface area (Å²) in [4.78, 5) is 10.1. The van der Waals surface area contributed by atoms with Crippen molar-refractivity contribution in [3.63, 3.8) is 0 Å². The first kappa shape index (κ1) is 4.74. The van der Waals surface area contributed by atoms with Gasteiger partial charge in [-0.15, -0.1) is 0 Å². The summed E-state index contributed by atoms with van der Waals surface area (Å²) < 4.78 is 0. The largest absolute Gasteiger partial charge is 0.384 e. The molecule has 0 aromatic heterocycles. The average Bonchev–Trinajstić information content (AvgIpc) is 1.68. The van der Waals surface area contributed by atoms with Crippen LogP contribution in [0.2, 0.25) is 0 Å². The molecule has 3 heteroatoms. The molecule has 1 aliphatic rings. The van der Waals surface area contributed by atoms with Crippen LogP contribution in [0.25, 0.3) is 0 Å². The van der Waals surface area contributed by atoms with Gasteiger partial charge in [0.05, 0.1) is 0 Å². The Morgan fingerprint density at radius 1 is 1.86 bits per heavy atom. The lowest BCUT2D eigenvalue weighted by atomic mass is 9.89. The maximum Gasteiger partial charge on any atom is 0.164 e. The van der Waals surface area contributed by atoms with Crippen molar-refractivity contribution >= 4 is 5.78 Å². The number of aliphatic hydroxyl groups is 1. The summed E-state index contributed by atoms with van der Waals surface area (Å²) in [7, 11) is 0. The van der Waals surface area contributed by atoms with Crippen molar-refractivity contribution < 1.29 is 9.90 Å². The highest BCUT2D eigenvalue weighted by atomic mass is 16.3. The summed E-state index contributed by atoms with van der Waals surface area (Å²) >= 11 is 0. The third kappa shape index (κ3) is 0.536. The Labute approximate surface area is 41.1 Å². The fourth-order valence-corrected chi connectivity index (χ4v) is 0.543.